The molecule has 4 rings (SSSR count). The van der Waals surface area contributed by atoms with Crippen LogP contribution in [0.4, 0.5) is 0 Å². The Labute approximate surface area is 177 Å². The van der Waals surface area contributed by atoms with Crippen LogP contribution in [0, 0.1) is 0 Å². The van der Waals surface area contributed by atoms with Gasteiger partial charge in [-0.2, -0.15) is 5.10 Å². The number of amides is 1. The number of nitrogens with one attached hydrogen (secondary N) is 1. The summed E-state index contributed by atoms with van der Waals surface area (Å²) in [4.78, 5) is 15.3. The Bertz CT molecular complexity index is 970. The van der Waals surface area contributed by atoms with E-state index in [2.05, 4.69) is 39.6 Å². The quantitative estimate of drug-likeness (QED) is 0.605. The Morgan fingerprint density at radius 2 is 1.70 bits per heavy atom. The molecule has 0 spiro atoms. The van der Waals surface area contributed by atoms with Gasteiger partial charge in [-0.3, -0.25) is 14.4 Å². The lowest BCUT2D eigenvalue weighted by molar-refractivity contribution is 0.0942. The summed E-state index contributed by atoms with van der Waals surface area (Å²) in [6.45, 7) is 3.48. The fourth-order valence-corrected chi connectivity index (χ4v) is 3.99. The van der Waals surface area contributed by atoms with E-state index in [-0.39, 0.29) is 12.5 Å². The number of hydrogen-bond acceptors (Lipinski definition) is 4. The van der Waals surface area contributed by atoms with E-state index in [1.165, 1.54) is 5.56 Å². The van der Waals surface area contributed by atoms with Crippen molar-refractivity contribution in [3.8, 4) is 0 Å². The maximum absolute atomic E-state index is 12.9. The number of rotatable bonds is 8. The van der Waals surface area contributed by atoms with Gasteiger partial charge in [-0.1, -0.05) is 60.7 Å². The van der Waals surface area contributed by atoms with Gasteiger partial charge in [0, 0.05) is 43.9 Å². The number of fused-ring (bicyclic) bond motifs is 1. The van der Waals surface area contributed by atoms with Crippen LogP contribution in [0.2, 0.25) is 0 Å². The largest absolute Gasteiger partial charge is 0.394 e. The van der Waals surface area contributed by atoms with Gasteiger partial charge in [0.2, 0.25) is 0 Å². The van der Waals surface area contributed by atoms with Crippen molar-refractivity contribution in [2.45, 2.75) is 32.5 Å². The van der Waals surface area contributed by atoms with Gasteiger partial charge in [0.15, 0.2) is 5.69 Å². The van der Waals surface area contributed by atoms with Gasteiger partial charge in [-0.15, -0.1) is 0 Å². The number of aromatic nitrogens is 2. The fourth-order valence-electron chi connectivity index (χ4n) is 3.99. The highest BCUT2D eigenvalue weighted by molar-refractivity contribution is 5.94. The smallest absolute Gasteiger partial charge is 0.272 e. The molecule has 0 fully saturated rings. The van der Waals surface area contributed by atoms with Crippen molar-refractivity contribution < 1.29 is 9.90 Å². The number of hydrogen-bond donors (Lipinski definition) is 2. The van der Waals surface area contributed by atoms with Gasteiger partial charge in [0.05, 0.1) is 13.2 Å². The van der Waals surface area contributed by atoms with E-state index in [1.54, 1.807) is 4.68 Å². The normalized spacial score (nSPS) is 13.8. The lowest BCUT2D eigenvalue weighted by Gasteiger charge is -2.27. The molecule has 6 heteroatoms. The average Bonchev–Trinajstić information content (AvgIpc) is 3.15. The summed E-state index contributed by atoms with van der Waals surface area (Å²) < 4.78 is 1.81. The zero-order valence-electron chi connectivity index (χ0n) is 17.1. The third-order valence-corrected chi connectivity index (χ3v) is 5.60. The van der Waals surface area contributed by atoms with Crippen LogP contribution in [0.1, 0.15) is 32.9 Å². The number of aliphatic hydroxyl groups is 1. The summed E-state index contributed by atoms with van der Waals surface area (Å²) in [5.41, 5.74) is 4.93. The minimum atomic E-state index is -0.156. The lowest BCUT2D eigenvalue weighted by atomic mass is 10.0. The molecular formula is C24H28N4O2. The van der Waals surface area contributed by atoms with Crippen LogP contribution in [-0.4, -0.2) is 45.4 Å². The molecule has 1 aliphatic heterocycles. The first-order chi connectivity index (χ1) is 14.7. The topological polar surface area (TPSA) is 70.4 Å². The molecule has 0 unspecified atom stereocenters. The van der Waals surface area contributed by atoms with E-state index >= 15 is 0 Å². The van der Waals surface area contributed by atoms with Gasteiger partial charge < -0.3 is 10.4 Å². The standard InChI is InChI=1S/C24H28N4O2/c29-16-15-28-22-12-14-27(13-11-19-7-3-1-4-8-19)18-21(22)23(26-28)24(30)25-17-20-9-5-2-6-10-20/h1-10,29H,11-18H2,(H,25,30). The summed E-state index contributed by atoms with van der Waals surface area (Å²) in [6.07, 6.45) is 1.82. The summed E-state index contributed by atoms with van der Waals surface area (Å²) in [6, 6.07) is 20.3. The van der Waals surface area contributed by atoms with Crippen molar-refractivity contribution in [2.24, 2.45) is 0 Å². The fraction of sp³-hybridized carbons (Fsp3) is 0.333. The summed E-state index contributed by atoms with van der Waals surface area (Å²) in [7, 11) is 0. The second-order valence-electron chi connectivity index (χ2n) is 7.65. The van der Waals surface area contributed by atoms with Crippen molar-refractivity contribution in [1.29, 1.82) is 0 Å². The molecule has 156 valence electrons. The third-order valence-electron chi connectivity index (χ3n) is 5.60. The Morgan fingerprint density at radius 1 is 1.00 bits per heavy atom. The molecule has 0 radical (unpaired) electrons. The molecule has 3 aromatic rings. The number of benzene rings is 2. The zero-order valence-corrected chi connectivity index (χ0v) is 17.1. The minimum Gasteiger partial charge on any atom is -0.394 e. The number of carbonyl (C=O) groups is 1. The van der Waals surface area contributed by atoms with Crippen molar-refractivity contribution in [3.05, 3.63) is 88.7 Å². The zero-order chi connectivity index (χ0) is 20.8. The second kappa shape index (κ2) is 9.69. The predicted molar refractivity (Wildman–Crippen MR) is 116 cm³/mol. The highest BCUT2D eigenvalue weighted by Gasteiger charge is 2.27. The molecule has 2 aromatic carbocycles. The van der Waals surface area contributed by atoms with Gasteiger partial charge in [-0.25, -0.2) is 0 Å². The maximum Gasteiger partial charge on any atom is 0.272 e. The van der Waals surface area contributed by atoms with E-state index < -0.39 is 0 Å². The van der Waals surface area contributed by atoms with Crippen molar-refractivity contribution in [2.75, 3.05) is 19.7 Å². The first-order valence-corrected chi connectivity index (χ1v) is 10.5. The molecule has 6 nitrogen and oxygen atoms in total. The Kier molecular flexibility index (Phi) is 6.57. The molecule has 0 atom stereocenters. The van der Waals surface area contributed by atoms with Crippen LogP contribution in [0.25, 0.3) is 0 Å². The molecular weight excluding hydrogens is 376 g/mol. The van der Waals surface area contributed by atoms with Crippen LogP contribution in [0.5, 0.6) is 0 Å². The molecule has 0 saturated carbocycles. The molecule has 1 aliphatic rings. The first-order valence-electron chi connectivity index (χ1n) is 10.5. The second-order valence-corrected chi connectivity index (χ2v) is 7.65. The molecule has 1 aromatic heterocycles. The molecule has 0 aliphatic carbocycles. The summed E-state index contributed by atoms with van der Waals surface area (Å²) in [5.74, 6) is -0.156. The predicted octanol–water partition coefficient (Wildman–Crippen LogP) is 2.41. The van der Waals surface area contributed by atoms with Crippen molar-refractivity contribution >= 4 is 5.91 Å². The highest BCUT2D eigenvalue weighted by atomic mass is 16.3. The van der Waals surface area contributed by atoms with Crippen LogP contribution in [0.15, 0.2) is 60.7 Å². The molecule has 2 heterocycles. The number of carbonyl (C=O) groups excluding carboxylic acids is 1. The van der Waals surface area contributed by atoms with Gasteiger partial charge in [-0.05, 0) is 17.5 Å². The lowest BCUT2D eigenvalue weighted by Crippen LogP contribution is -2.34. The highest BCUT2D eigenvalue weighted by Crippen LogP contribution is 2.23. The number of aliphatic hydroxyl groups excluding tert-OH is 1. The summed E-state index contributed by atoms with van der Waals surface area (Å²) >= 11 is 0. The minimum absolute atomic E-state index is 0.0108. The van der Waals surface area contributed by atoms with E-state index in [4.69, 9.17) is 0 Å². The van der Waals surface area contributed by atoms with Gasteiger partial charge in [0.1, 0.15) is 0 Å². The van der Waals surface area contributed by atoms with E-state index in [9.17, 15) is 9.90 Å². The Balaban J connectivity index is 1.47. The first kappa shape index (κ1) is 20.3. The maximum atomic E-state index is 12.9. The van der Waals surface area contributed by atoms with Crippen LogP contribution >= 0.6 is 0 Å². The van der Waals surface area contributed by atoms with Crippen molar-refractivity contribution in [1.82, 2.24) is 20.0 Å². The van der Waals surface area contributed by atoms with E-state index in [0.29, 0.717) is 25.3 Å². The van der Waals surface area contributed by atoms with Crippen LogP contribution in [0.3, 0.4) is 0 Å². The SMILES string of the molecule is O=C(NCc1ccccc1)c1nn(CCO)c2c1CN(CCc1ccccc1)CC2. The Hall–Kier alpha value is -2.96. The number of nitrogens with zero attached hydrogens (tertiary/aromatic N) is 3. The van der Waals surface area contributed by atoms with Gasteiger partial charge in [0.25, 0.3) is 5.91 Å². The monoisotopic (exact) mass is 404 g/mol. The molecule has 2 N–H and O–H groups in total. The van der Waals surface area contributed by atoms with Crippen LogP contribution in [-0.2, 0) is 32.5 Å². The van der Waals surface area contributed by atoms with Crippen molar-refractivity contribution in [3.63, 3.8) is 0 Å². The molecule has 30 heavy (non-hydrogen) atoms. The van der Waals surface area contributed by atoms with Gasteiger partial charge >= 0.3 is 0 Å². The Morgan fingerprint density at radius 3 is 2.40 bits per heavy atom. The molecule has 0 saturated heterocycles. The molecule has 1 amide bonds. The third kappa shape index (κ3) is 4.78. The average molecular weight is 405 g/mol. The van der Waals surface area contributed by atoms with Crippen LogP contribution < -0.4 is 5.32 Å². The van der Waals surface area contributed by atoms with E-state index in [0.717, 1.165) is 42.8 Å². The summed E-state index contributed by atoms with van der Waals surface area (Å²) in [5, 5.41) is 17.0. The van der Waals surface area contributed by atoms with E-state index in [1.807, 2.05) is 36.4 Å². The molecule has 0 bridgehead atoms.